The summed E-state index contributed by atoms with van der Waals surface area (Å²) >= 11 is 0. The molecule has 1 rings (SSSR count). The van der Waals surface area contributed by atoms with Crippen molar-refractivity contribution in [1.82, 2.24) is 0 Å². The predicted molar refractivity (Wildman–Crippen MR) is 67.3 cm³/mol. The molecule has 0 aromatic heterocycles. The van der Waals surface area contributed by atoms with Crippen LogP contribution in [0.25, 0.3) is 0 Å². The number of rotatable bonds is 6. The Morgan fingerprint density at radius 2 is 2.33 bits per heavy atom. The lowest BCUT2D eigenvalue weighted by molar-refractivity contribution is -0.141. The highest BCUT2D eigenvalue weighted by atomic mass is 16.5. The molecule has 0 saturated carbocycles. The van der Waals surface area contributed by atoms with E-state index in [0.29, 0.717) is 12.2 Å². The summed E-state index contributed by atoms with van der Waals surface area (Å²) in [5.41, 5.74) is 0.752. The number of hydrogen-bond donors (Lipinski definition) is 1. The molecule has 0 amide bonds. The molecule has 0 aliphatic carbocycles. The summed E-state index contributed by atoms with van der Waals surface area (Å²) in [4.78, 5) is 11.4. The van der Waals surface area contributed by atoms with Crippen LogP contribution in [0.1, 0.15) is 13.3 Å². The molecule has 0 heterocycles. The molecule has 1 aromatic rings. The lowest BCUT2D eigenvalue weighted by Crippen LogP contribution is -2.29. The molecular weight excluding hydrogens is 232 g/mol. The normalized spacial score (nSPS) is 11.2. The van der Waals surface area contributed by atoms with Gasteiger partial charge in [0.15, 0.2) is 6.61 Å². The summed E-state index contributed by atoms with van der Waals surface area (Å²) < 4.78 is 9.88. The Kier molecular flexibility index (Phi) is 5.52. The fraction of sp³-hybridized carbons (Fsp3) is 0.385. The summed E-state index contributed by atoms with van der Waals surface area (Å²) in [5.74, 6) is 0.280. The first-order valence-electron chi connectivity index (χ1n) is 5.65. The molecule has 0 aliphatic rings. The summed E-state index contributed by atoms with van der Waals surface area (Å²) in [6.07, 6.45) is 0.621. The van der Waals surface area contributed by atoms with E-state index in [0.717, 1.165) is 5.69 Å². The van der Waals surface area contributed by atoms with Crippen molar-refractivity contribution in [2.24, 2.45) is 0 Å². The van der Waals surface area contributed by atoms with Crippen molar-refractivity contribution in [2.75, 3.05) is 19.0 Å². The van der Waals surface area contributed by atoms with Crippen LogP contribution in [0.3, 0.4) is 0 Å². The van der Waals surface area contributed by atoms with Gasteiger partial charge >= 0.3 is 5.97 Å². The van der Waals surface area contributed by atoms with Gasteiger partial charge in [-0.15, -0.1) is 0 Å². The van der Waals surface area contributed by atoms with E-state index in [1.165, 1.54) is 7.11 Å². The number of methoxy groups -OCH3 is 1. The second-order valence-electron chi connectivity index (χ2n) is 3.60. The number of anilines is 1. The van der Waals surface area contributed by atoms with Crippen molar-refractivity contribution in [3.05, 3.63) is 24.3 Å². The second kappa shape index (κ2) is 7.17. The lowest BCUT2D eigenvalue weighted by Gasteiger charge is -2.16. The van der Waals surface area contributed by atoms with Gasteiger partial charge in [-0.3, -0.25) is 0 Å². The Morgan fingerprint density at radius 3 is 2.94 bits per heavy atom. The molecule has 1 unspecified atom stereocenters. The number of nitrogens with zero attached hydrogens (tertiary/aromatic N) is 1. The van der Waals surface area contributed by atoms with Gasteiger partial charge in [0, 0.05) is 11.8 Å². The average molecular weight is 248 g/mol. The minimum atomic E-state index is -0.388. The molecule has 0 spiro atoms. The van der Waals surface area contributed by atoms with E-state index in [-0.39, 0.29) is 18.6 Å². The molecule has 1 atom stereocenters. The summed E-state index contributed by atoms with van der Waals surface area (Å²) in [7, 11) is 1.36. The van der Waals surface area contributed by atoms with Crippen LogP contribution in [-0.4, -0.2) is 25.7 Å². The Hall–Kier alpha value is -2.22. The van der Waals surface area contributed by atoms with Crippen molar-refractivity contribution < 1.29 is 14.3 Å². The monoisotopic (exact) mass is 248 g/mol. The molecule has 5 heteroatoms. The minimum absolute atomic E-state index is 0.00232. The molecule has 0 bridgehead atoms. The average Bonchev–Trinajstić information content (AvgIpc) is 2.42. The van der Waals surface area contributed by atoms with Gasteiger partial charge in [-0.2, -0.15) is 5.26 Å². The molecule has 0 fully saturated rings. The summed E-state index contributed by atoms with van der Waals surface area (Å²) in [6, 6.07) is 8.62. The standard InChI is InChI=1S/C13H16N2O3/c1-3-12(13(16)17-2)15-10-5-4-6-11(9-10)18-8-7-14/h4-6,9,12,15H,3,8H2,1-2H3. The third-order valence-corrected chi connectivity index (χ3v) is 2.37. The zero-order valence-electron chi connectivity index (χ0n) is 10.5. The first kappa shape index (κ1) is 13.8. The van der Waals surface area contributed by atoms with Crippen LogP contribution in [0.15, 0.2) is 24.3 Å². The number of esters is 1. The highest BCUT2D eigenvalue weighted by Gasteiger charge is 2.16. The minimum Gasteiger partial charge on any atom is -0.479 e. The van der Waals surface area contributed by atoms with E-state index in [1.54, 1.807) is 18.2 Å². The van der Waals surface area contributed by atoms with E-state index in [1.807, 2.05) is 19.1 Å². The van der Waals surface area contributed by atoms with E-state index >= 15 is 0 Å². The number of carbonyl (C=O) groups is 1. The van der Waals surface area contributed by atoms with Crippen LogP contribution in [0.2, 0.25) is 0 Å². The fourth-order valence-electron chi connectivity index (χ4n) is 1.46. The lowest BCUT2D eigenvalue weighted by atomic mass is 10.2. The SMILES string of the molecule is CCC(Nc1cccc(OCC#N)c1)C(=O)OC. The third-order valence-electron chi connectivity index (χ3n) is 2.37. The molecule has 0 saturated heterocycles. The van der Waals surface area contributed by atoms with Gasteiger partial charge in [0.1, 0.15) is 17.9 Å². The zero-order chi connectivity index (χ0) is 13.4. The molecule has 0 radical (unpaired) electrons. The second-order valence-corrected chi connectivity index (χ2v) is 3.60. The first-order chi connectivity index (χ1) is 8.71. The molecule has 5 nitrogen and oxygen atoms in total. The molecule has 1 aromatic carbocycles. The summed E-state index contributed by atoms with van der Waals surface area (Å²) in [6.45, 7) is 1.89. The fourth-order valence-corrected chi connectivity index (χ4v) is 1.46. The maximum atomic E-state index is 11.4. The van der Waals surface area contributed by atoms with Crippen molar-refractivity contribution in [3.8, 4) is 11.8 Å². The molecule has 1 N–H and O–H groups in total. The number of carbonyl (C=O) groups excluding carboxylic acids is 1. The number of ether oxygens (including phenoxy) is 2. The van der Waals surface area contributed by atoms with Gasteiger partial charge in [-0.25, -0.2) is 4.79 Å². The van der Waals surface area contributed by atoms with Crippen molar-refractivity contribution in [3.63, 3.8) is 0 Å². The molecule has 18 heavy (non-hydrogen) atoms. The number of hydrogen-bond acceptors (Lipinski definition) is 5. The van der Waals surface area contributed by atoms with Gasteiger partial charge in [0.25, 0.3) is 0 Å². The number of nitrogens with one attached hydrogen (secondary N) is 1. The first-order valence-corrected chi connectivity index (χ1v) is 5.65. The Bertz CT molecular complexity index is 440. The Balaban J connectivity index is 2.71. The number of benzene rings is 1. The van der Waals surface area contributed by atoms with E-state index in [9.17, 15) is 4.79 Å². The molecular formula is C13H16N2O3. The van der Waals surface area contributed by atoms with E-state index in [2.05, 4.69) is 5.32 Å². The smallest absolute Gasteiger partial charge is 0.328 e. The van der Waals surface area contributed by atoms with Crippen LogP contribution in [0, 0.1) is 11.3 Å². The van der Waals surface area contributed by atoms with Crippen LogP contribution in [-0.2, 0) is 9.53 Å². The molecule has 0 aliphatic heterocycles. The maximum Gasteiger partial charge on any atom is 0.328 e. The highest BCUT2D eigenvalue weighted by Crippen LogP contribution is 2.18. The largest absolute Gasteiger partial charge is 0.479 e. The third kappa shape index (κ3) is 3.98. The van der Waals surface area contributed by atoms with Crippen molar-refractivity contribution in [2.45, 2.75) is 19.4 Å². The van der Waals surface area contributed by atoms with Gasteiger partial charge in [0.05, 0.1) is 7.11 Å². The van der Waals surface area contributed by atoms with E-state index in [4.69, 9.17) is 14.7 Å². The van der Waals surface area contributed by atoms with Gasteiger partial charge in [0.2, 0.25) is 0 Å². The Morgan fingerprint density at radius 1 is 1.56 bits per heavy atom. The quantitative estimate of drug-likeness (QED) is 0.779. The number of nitriles is 1. The van der Waals surface area contributed by atoms with Crippen LogP contribution < -0.4 is 10.1 Å². The van der Waals surface area contributed by atoms with Gasteiger partial charge in [-0.05, 0) is 18.6 Å². The van der Waals surface area contributed by atoms with Crippen molar-refractivity contribution >= 4 is 11.7 Å². The van der Waals surface area contributed by atoms with Crippen molar-refractivity contribution in [1.29, 1.82) is 5.26 Å². The highest BCUT2D eigenvalue weighted by molar-refractivity contribution is 5.79. The summed E-state index contributed by atoms with van der Waals surface area (Å²) in [5, 5.41) is 11.5. The zero-order valence-corrected chi connectivity index (χ0v) is 10.5. The van der Waals surface area contributed by atoms with Gasteiger partial charge in [-0.1, -0.05) is 13.0 Å². The van der Waals surface area contributed by atoms with Gasteiger partial charge < -0.3 is 14.8 Å². The topological polar surface area (TPSA) is 71.3 Å². The van der Waals surface area contributed by atoms with E-state index < -0.39 is 0 Å². The van der Waals surface area contributed by atoms with Crippen LogP contribution in [0.5, 0.6) is 5.75 Å². The Labute approximate surface area is 106 Å². The predicted octanol–water partition coefficient (Wildman–Crippen LogP) is 1.95. The maximum absolute atomic E-state index is 11.4. The van der Waals surface area contributed by atoms with Crippen LogP contribution in [0.4, 0.5) is 5.69 Å². The van der Waals surface area contributed by atoms with Crippen LogP contribution >= 0.6 is 0 Å². The molecule has 96 valence electrons.